The van der Waals surface area contributed by atoms with Crippen molar-refractivity contribution >= 4 is 12.1 Å². The predicted octanol–water partition coefficient (Wildman–Crippen LogP) is 0.186. The fourth-order valence-corrected chi connectivity index (χ4v) is 3.18. The maximum absolute atomic E-state index is 12.4. The molecule has 0 radical (unpaired) electrons. The molecule has 25 heavy (non-hydrogen) atoms. The molecule has 2 aromatic rings. The Labute approximate surface area is 144 Å². The van der Waals surface area contributed by atoms with Gasteiger partial charge in [0.25, 0.3) is 0 Å². The molecular formula is C16H19N7O2. The minimum atomic E-state index is -0.114. The van der Waals surface area contributed by atoms with Crippen LogP contribution in [-0.2, 0) is 6.54 Å². The number of nitrogens with one attached hydrogen (secondary N) is 2. The van der Waals surface area contributed by atoms with Gasteiger partial charge in [0.1, 0.15) is 0 Å². The summed E-state index contributed by atoms with van der Waals surface area (Å²) in [4.78, 5) is 31.9. The lowest BCUT2D eigenvalue weighted by Crippen LogP contribution is -2.55. The van der Waals surface area contributed by atoms with Crippen LogP contribution in [0, 0.1) is 0 Å². The van der Waals surface area contributed by atoms with Gasteiger partial charge < -0.3 is 20.4 Å². The normalized spacial score (nSPS) is 19.5. The first-order valence-electron chi connectivity index (χ1n) is 8.23. The molecule has 0 aliphatic carbocycles. The average Bonchev–Trinajstić information content (AvgIpc) is 3.30. The summed E-state index contributed by atoms with van der Waals surface area (Å²) in [5.74, 6) is 0.709. The molecule has 9 heteroatoms. The maximum atomic E-state index is 12.4. The number of amides is 4. The highest BCUT2D eigenvalue weighted by molar-refractivity contribution is 5.78. The van der Waals surface area contributed by atoms with Crippen molar-refractivity contribution in [2.75, 3.05) is 26.2 Å². The van der Waals surface area contributed by atoms with Gasteiger partial charge in [-0.25, -0.2) is 19.3 Å². The molecule has 1 unspecified atom stereocenters. The van der Waals surface area contributed by atoms with Crippen LogP contribution >= 0.6 is 0 Å². The van der Waals surface area contributed by atoms with Crippen LogP contribution in [0.5, 0.6) is 0 Å². The lowest BCUT2D eigenvalue weighted by atomic mass is 10.2. The van der Waals surface area contributed by atoms with Gasteiger partial charge in [-0.3, -0.25) is 0 Å². The molecule has 1 atom stereocenters. The third-order valence-electron chi connectivity index (χ3n) is 4.51. The van der Waals surface area contributed by atoms with Crippen molar-refractivity contribution in [3.8, 4) is 5.82 Å². The van der Waals surface area contributed by atoms with E-state index < -0.39 is 0 Å². The number of hydrogen-bond donors (Lipinski definition) is 2. The quantitative estimate of drug-likeness (QED) is 0.833. The van der Waals surface area contributed by atoms with Crippen molar-refractivity contribution in [2.24, 2.45) is 0 Å². The summed E-state index contributed by atoms with van der Waals surface area (Å²) >= 11 is 0. The van der Waals surface area contributed by atoms with Crippen LogP contribution in [-0.4, -0.2) is 68.8 Å². The van der Waals surface area contributed by atoms with E-state index in [1.807, 2.05) is 24.4 Å². The molecule has 2 fully saturated rings. The van der Waals surface area contributed by atoms with E-state index in [1.165, 1.54) is 0 Å². The molecule has 2 aliphatic heterocycles. The molecular weight excluding hydrogens is 322 g/mol. The largest absolute Gasteiger partial charge is 0.336 e. The van der Waals surface area contributed by atoms with E-state index in [0.29, 0.717) is 38.5 Å². The van der Waals surface area contributed by atoms with Gasteiger partial charge in [0.15, 0.2) is 5.82 Å². The third-order valence-corrected chi connectivity index (χ3v) is 4.51. The second-order valence-corrected chi connectivity index (χ2v) is 6.11. The number of nitrogens with zero attached hydrogens (tertiary/aromatic N) is 5. The van der Waals surface area contributed by atoms with E-state index in [-0.39, 0.29) is 18.1 Å². The minimum absolute atomic E-state index is 0.0343. The number of hydrogen-bond acceptors (Lipinski definition) is 4. The Morgan fingerprint density at radius 1 is 1.36 bits per heavy atom. The molecule has 4 amide bonds. The van der Waals surface area contributed by atoms with Gasteiger partial charge in [0, 0.05) is 51.3 Å². The molecule has 4 rings (SSSR count). The van der Waals surface area contributed by atoms with Gasteiger partial charge in [-0.05, 0) is 23.8 Å². The lowest BCUT2D eigenvalue weighted by Gasteiger charge is -2.36. The van der Waals surface area contributed by atoms with Crippen molar-refractivity contribution in [2.45, 2.75) is 12.6 Å². The highest BCUT2D eigenvalue weighted by Gasteiger charge is 2.36. The van der Waals surface area contributed by atoms with E-state index in [4.69, 9.17) is 0 Å². The van der Waals surface area contributed by atoms with E-state index in [9.17, 15) is 9.59 Å². The zero-order chi connectivity index (χ0) is 17.2. The molecule has 2 aliphatic rings. The Kier molecular flexibility index (Phi) is 3.96. The smallest absolute Gasteiger partial charge is 0.317 e. The number of urea groups is 2. The van der Waals surface area contributed by atoms with E-state index >= 15 is 0 Å². The van der Waals surface area contributed by atoms with Crippen LogP contribution in [0.15, 0.2) is 36.8 Å². The number of carbonyl (C=O) groups is 2. The lowest BCUT2D eigenvalue weighted by molar-refractivity contribution is 0.129. The van der Waals surface area contributed by atoms with Crippen LogP contribution in [0.2, 0.25) is 0 Å². The molecule has 0 saturated carbocycles. The second-order valence-electron chi connectivity index (χ2n) is 6.11. The summed E-state index contributed by atoms with van der Waals surface area (Å²) in [7, 11) is 0. The Bertz CT molecular complexity index is 777. The fraction of sp³-hybridized carbons (Fsp3) is 0.375. The van der Waals surface area contributed by atoms with Crippen LogP contribution in [0.4, 0.5) is 9.59 Å². The summed E-state index contributed by atoms with van der Waals surface area (Å²) in [6.45, 7) is 2.69. The summed E-state index contributed by atoms with van der Waals surface area (Å²) < 4.78 is 1.68. The van der Waals surface area contributed by atoms with Gasteiger partial charge in [-0.15, -0.1) is 0 Å². The highest BCUT2D eigenvalue weighted by Crippen LogP contribution is 2.14. The SMILES string of the molecule is O=C(NCc1ccnc(-n2cccn2)c1)N1CCN2C(=O)NCC2C1. The average molecular weight is 341 g/mol. The zero-order valence-electron chi connectivity index (χ0n) is 13.6. The highest BCUT2D eigenvalue weighted by atomic mass is 16.2. The molecule has 0 bridgehead atoms. The topological polar surface area (TPSA) is 95.4 Å². The molecule has 9 nitrogen and oxygen atoms in total. The second kappa shape index (κ2) is 6.42. The predicted molar refractivity (Wildman–Crippen MR) is 89.1 cm³/mol. The first-order chi connectivity index (χ1) is 12.2. The Hall–Kier alpha value is -3.10. The van der Waals surface area contributed by atoms with Crippen molar-refractivity contribution in [1.82, 2.24) is 35.2 Å². The fourth-order valence-electron chi connectivity index (χ4n) is 3.18. The molecule has 2 N–H and O–H groups in total. The van der Waals surface area contributed by atoms with E-state index in [1.54, 1.807) is 26.9 Å². The first kappa shape index (κ1) is 15.4. The van der Waals surface area contributed by atoms with Crippen molar-refractivity contribution in [1.29, 1.82) is 0 Å². The molecule has 4 heterocycles. The number of piperazine rings is 1. The minimum Gasteiger partial charge on any atom is -0.336 e. The number of rotatable bonds is 3. The van der Waals surface area contributed by atoms with Gasteiger partial charge in [-0.2, -0.15) is 5.10 Å². The van der Waals surface area contributed by atoms with Gasteiger partial charge in [0.2, 0.25) is 0 Å². The zero-order valence-corrected chi connectivity index (χ0v) is 13.6. The number of carbonyl (C=O) groups excluding carboxylic acids is 2. The number of aromatic nitrogens is 3. The summed E-state index contributed by atoms with van der Waals surface area (Å²) in [6, 6.07) is 5.51. The van der Waals surface area contributed by atoms with Crippen LogP contribution in [0.1, 0.15) is 5.56 Å². The number of fused-ring (bicyclic) bond motifs is 1. The summed E-state index contributed by atoms with van der Waals surface area (Å²) in [5, 5.41) is 9.90. The van der Waals surface area contributed by atoms with Gasteiger partial charge in [0.05, 0.1) is 6.04 Å². The maximum Gasteiger partial charge on any atom is 0.317 e. The first-order valence-corrected chi connectivity index (χ1v) is 8.23. The standard InChI is InChI=1S/C16H19N7O2/c24-15(21-6-7-22-13(11-21)10-19-16(22)25)18-9-12-2-4-17-14(8-12)23-5-1-3-20-23/h1-5,8,13H,6-7,9-11H2,(H,18,24)(H,19,25). The van der Waals surface area contributed by atoms with E-state index in [0.717, 1.165) is 5.56 Å². The van der Waals surface area contributed by atoms with Crippen LogP contribution in [0.3, 0.4) is 0 Å². The molecule has 130 valence electrons. The Balaban J connectivity index is 1.35. The molecule has 0 spiro atoms. The molecule has 0 aromatic carbocycles. The van der Waals surface area contributed by atoms with Crippen molar-refractivity contribution in [3.05, 3.63) is 42.4 Å². The van der Waals surface area contributed by atoms with Crippen LogP contribution in [0.25, 0.3) is 5.82 Å². The Morgan fingerprint density at radius 3 is 3.12 bits per heavy atom. The van der Waals surface area contributed by atoms with Gasteiger partial charge >= 0.3 is 12.1 Å². The van der Waals surface area contributed by atoms with Crippen molar-refractivity contribution < 1.29 is 9.59 Å². The molecule has 2 saturated heterocycles. The summed E-state index contributed by atoms with van der Waals surface area (Å²) in [5.41, 5.74) is 0.949. The monoisotopic (exact) mass is 341 g/mol. The van der Waals surface area contributed by atoms with E-state index in [2.05, 4.69) is 20.7 Å². The van der Waals surface area contributed by atoms with Gasteiger partial charge in [-0.1, -0.05) is 0 Å². The molecule has 2 aromatic heterocycles. The Morgan fingerprint density at radius 2 is 2.28 bits per heavy atom. The van der Waals surface area contributed by atoms with Crippen molar-refractivity contribution in [3.63, 3.8) is 0 Å². The third kappa shape index (κ3) is 3.12. The van der Waals surface area contributed by atoms with Crippen LogP contribution < -0.4 is 10.6 Å². The number of pyridine rings is 1. The summed E-state index contributed by atoms with van der Waals surface area (Å²) in [6.07, 6.45) is 5.21.